The van der Waals surface area contributed by atoms with Gasteiger partial charge in [0.2, 0.25) is 35.4 Å². The molecular formula is C53H72N8O8. The average molecular weight is 949 g/mol. The van der Waals surface area contributed by atoms with Crippen molar-refractivity contribution >= 4 is 35.4 Å². The minimum absolute atomic E-state index is 0.0543. The summed E-state index contributed by atoms with van der Waals surface area (Å²) in [6, 6.07) is 11.1. The number of hydrogen-bond acceptors (Lipinski definition) is 10. The number of nitrogens with one attached hydrogen (secondary N) is 6. The van der Waals surface area contributed by atoms with E-state index in [-0.39, 0.29) is 43.0 Å². The van der Waals surface area contributed by atoms with Gasteiger partial charge in [-0.2, -0.15) is 0 Å². The molecule has 10 atom stereocenters. The summed E-state index contributed by atoms with van der Waals surface area (Å²) in [6.07, 6.45) is 10.9. The SMILES string of the molecule is C=C[C@H](NC)C(=O)N[C@H](C(=O)N1CCC[C@H]1C(=O)NC1CCCc2ccccc21)[C@@H](C)OC/C=C/C#CCO[C@H](C)[C@H](NC(=O)[C@H](C)NC)C(=O)N1CCC[C@H]1C(=O)N[C@@H]1CCCc2ccccc21. The van der Waals surface area contributed by atoms with Gasteiger partial charge in [-0.05, 0) is 127 Å². The molecule has 69 heavy (non-hydrogen) atoms. The number of fused-ring (bicyclic) bond motifs is 2. The van der Waals surface area contributed by atoms with Crippen LogP contribution in [-0.2, 0) is 51.1 Å². The van der Waals surface area contributed by atoms with Gasteiger partial charge in [-0.1, -0.05) is 72.5 Å². The van der Waals surface area contributed by atoms with Crippen molar-refractivity contribution in [1.82, 2.24) is 41.7 Å². The predicted molar refractivity (Wildman–Crippen MR) is 263 cm³/mol. The molecule has 2 aromatic carbocycles. The van der Waals surface area contributed by atoms with Crippen LogP contribution in [0.1, 0.15) is 106 Å². The quantitative estimate of drug-likeness (QED) is 0.0848. The topological polar surface area (TPSA) is 200 Å². The summed E-state index contributed by atoms with van der Waals surface area (Å²) in [5, 5.41) is 17.9. The van der Waals surface area contributed by atoms with Crippen molar-refractivity contribution in [2.45, 2.75) is 146 Å². The van der Waals surface area contributed by atoms with Crippen LogP contribution in [0.15, 0.2) is 73.3 Å². The molecule has 2 saturated heterocycles. The average Bonchev–Trinajstić information content (AvgIpc) is 4.07. The smallest absolute Gasteiger partial charge is 0.248 e. The summed E-state index contributed by atoms with van der Waals surface area (Å²) in [4.78, 5) is 85.7. The Morgan fingerprint density at radius 1 is 0.696 bits per heavy atom. The molecule has 1 unspecified atom stereocenters. The molecule has 6 rings (SSSR count). The molecular weight excluding hydrogens is 877 g/mol. The van der Waals surface area contributed by atoms with Crippen LogP contribution in [0, 0.1) is 11.8 Å². The van der Waals surface area contributed by atoms with E-state index in [0.29, 0.717) is 38.8 Å². The summed E-state index contributed by atoms with van der Waals surface area (Å²) in [5.41, 5.74) is 4.68. The van der Waals surface area contributed by atoms with Crippen LogP contribution in [0.2, 0.25) is 0 Å². The van der Waals surface area contributed by atoms with Crippen LogP contribution in [0.25, 0.3) is 0 Å². The molecule has 0 bridgehead atoms. The van der Waals surface area contributed by atoms with Crippen LogP contribution in [0.3, 0.4) is 0 Å². The molecule has 2 fully saturated rings. The lowest BCUT2D eigenvalue weighted by molar-refractivity contribution is -0.145. The number of hydrogen-bond donors (Lipinski definition) is 6. The van der Waals surface area contributed by atoms with Gasteiger partial charge in [-0.3, -0.25) is 28.8 Å². The van der Waals surface area contributed by atoms with Gasteiger partial charge in [-0.25, -0.2) is 0 Å². The van der Waals surface area contributed by atoms with Crippen molar-refractivity contribution in [3.8, 4) is 11.8 Å². The van der Waals surface area contributed by atoms with Crippen LogP contribution < -0.4 is 31.9 Å². The van der Waals surface area contributed by atoms with Gasteiger partial charge < -0.3 is 51.2 Å². The summed E-state index contributed by atoms with van der Waals surface area (Å²) in [7, 11) is 3.28. The molecule has 4 aliphatic rings. The van der Waals surface area contributed by atoms with E-state index < -0.39 is 66.2 Å². The summed E-state index contributed by atoms with van der Waals surface area (Å²) in [6.45, 7) is 9.56. The molecule has 0 saturated carbocycles. The number of allylic oxidation sites excluding steroid dienone is 1. The molecule has 2 aliphatic carbocycles. The Bertz CT molecular complexity index is 2240. The van der Waals surface area contributed by atoms with Crippen LogP contribution >= 0.6 is 0 Å². The normalized spacial score (nSPS) is 22.3. The van der Waals surface area contributed by atoms with E-state index in [2.05, 4.69) is 74.6 Å². The number of likely N-dealkylation sites (tertiary alicyclic amines) is 2. The highest BCUT2D eigenvalue weighted by atomic mass is 16.5. The van der Waals surface area contributed by atoms with Crippen molar-refractivity contribution in [2.24, 2.45) is 0 Å². The lowest BCUT2D eigenvalue weighted by Gasteiger charge is -2.33. The molecule has 2 aromatic rings. The lowest BCUT2D eigenvalue weighted by atomic mass is 9.87. The number of carbonyl (C=O) groups is 6. The standard InChI is InChI=1S/C53H72N8O8/c1-7-41(55-6)49(63)59-47(53(67)61-31-19-29-45(61)51(65)57-43-27-17-23-38-21-11-13-25-40(38)43)36(4)69-33-15-9-8-14-32-68-35(3)46(58-48(62)34(2)54-5)52(66)60-30-18-28-44(60)50(64)56-42-26-16-22-37-20-10-12-24-39(37)42/h7,9-13,15,20-21,24-25,34-36,41-47,54-55H,1,16-19,22-23,26-33H2,2-6H3,(H,56,64)(H,57,65)(H,58,62)(H,59,63)/b15-9+/t34-,35+,36+,41-,42+,43?,44-,45-,46-,47-/m0/s1. The van der Waals surface area contributed by atoms with Crippen LogP contribution in [0.5, 0.6) is 0 Å². The highest BCUT2D eigenvalue weighted by molar-refractivity contribution is 5.95. The zero-order chi connectivity index (χ0) is 49.5. The number of carbonyl (C=O) groups excluding carboxylic acids is 6. The maximum atomic E-state index is 14.3. The van der Waals surface area contributed by atoms with Crippen molar-refractivity contribution in [2.75, 3.05) is 40.4 Å². The van der Waals surface area contributed by atoms with E-state index in [1.54, 1.807) is 56.8 Å². The predicted octanol–water partition coefficient (Wildman–Crippen LogP) is 3.08. The molecule has 0 spiro atoms. The minimum Gasteiger partial charge on any atom is -0.372 e. The third-order valence-corrected chi connectivity index (χ3v) is 13.9. The molecule has 0 aromatic heterocycles. The van der Waals surface area contributed by atoms with Crippen LogP contribution in [-0.4, -0.2) is 134 Å². The lowest BCUT2D eigenvalue weighted by Crippen LogP contribution is -2.59. The van der Waals surface area contributed by atoms with Gasteiger partial charge in [0, 0.05) is 13.1 Å². The monoisotopic (exact) mass is 949 g/mol. The van der Waals surface area contributed by atoms with Crippen molar-refractivity contribution in [3.05, 3.63) is 95.6 Å². The Kier molecular flexibility index (Phi) is 19.5. The number of rotatable bonds is 20. The fraction of sp³-hybridized carbons (Fsp3) is 0.547. The Morgan fingerprint density at radius 2 is 1.20 bits per heavy atom. The third kappa shape index (κ3) is 13.5. The summed E-state index contributed by atoms with van der Waals surface area (Å²) < 4.78 is 12.1. The Morgan fingerprint density at radius 3 is 1.71 bits per heavy atom. The molecule has 2 heterocycles. The van der Waals surface area contributed by atoms with Crippen molar-refractivity contribution in [1.29, 1.82) is 0 Å². The highest BCUT2D eigenvalue weighted by Crippen LogP contribution is 2.32. The largest absolute Gasteiger partial charge is 0.372 e. The summed E-state index contributed by atoms with van der Waals surface area (Å²) >= 11 is 0. The number of amides is 6. The summed E-state index contributed by atoms with van der Waals surface area (Å²) in [5.74, 6) is 3.76. The fourth-order valence-electron chi connectivity index (χ4n) is 9.86. The molecule has 0 radical (unpaired) electrons. The molecule has 2 aliphatic heterocycles. The maximum Gasteiger partial charge on any atom is 0.248 e. The van der Waals surface area contributed by atoms with Gasteiger partial charge >= 0.3 is 0 Å². The van der Waals surface area contributed by atoms with Gasteiger partial charge in [0.25, 0.3) is 0 Å². The minimum atomic E-state index is -1.10. The van der Waals surface area contributed by atoms with E-state index in [1.165, 1.54) is 17.2 Å². The zero-order valence-electron chi connectivity index (χ0n) is 40.9. The first-order valence-corrected chi connectivity index (χ1v) is 24.7. The van der Waals surface area contributed by atoms with Gasteiger partial charge in [0.1, 0.15) is 36.8 Å². The fourth-order valence-corrected chi connectivity index (χ4v) is 9.86. The third-order valence-electron chi connectivity index (χ3n) is 13.9. The number of ether oxygens (including phenoxy) is 2. The second-order valence-electron chi connectivity index (χ2n) is 18.4. The first-order valence-electron chi connectivity index (χ1n) is 24.7. The van der Waals surface area contributed by atoms with E-state index in [4.69, 9.17) is 9.47 Å². The van der Waals surface area contributed by atoms with E-state index >= 15 is 0 Å². The first kappa shape index (κ1) is 52.5. The molecule has 372 valence electrons. The van der Waals surface area contributed by atoms with Crippen molar-refractivity contribution < 1.29 is 38.2 Å². The number of likely N-dealkylation sites (N-methyl/N-ethyl adjacent to an activating group) is 2. The molecule has 6 N–H and O–H groups in total. The van der Waals surface area contributed by atoms with Gasteiger partial charge in [-0.15, -0.1) is 6.58 Å². The van der Waals surface area contributed by atoms with E-state index in [1.807, 2.05) is 24.3 Å². The number of aryl methyl sites for hydroxylation is 2. The van der Waals surface area contributed by atoms with Gasteiger partial charge in [0.15, 0.2) is 0 Å². The van der Waals surface area contributed by atoms with E-state index in [0.717, 1.165) is 49.7 Å². The highest BCUT2D eigenvalue weighted by Gasteiger charge is 2.43. The second-order valence-corrected chi connectivity index (χ2v) is 18.4. The maximum absolute atomic E-state index is 14.3. The Balaban J connectivity index is 1.04. The van der Waals surface area contributed by atoms with E-state index in [9.17, 15) is 28.8 Å². The Hall–Kier alpha value is -5.86. The zero-order valence-corrected chi connectivity index (χ0v) is 40.9. The van der Waals surface area contributed by atoms with Crippen LogP contribution in [0.4, 0.5) is 0 Å². The second kappa shape index (κ2) is 25.7. The first-order chi connectivity index (χ1) is 33.4. The molecule has 16 heteroatoms. The Labute approximate surface area is 407 Å². The number of benzene rings is 2. The number of nitrogens with zero attached hydrogens (tertiary/aromatic N) is 2. The van der Waals surface area contributed by atoms with Gasteiger partial charge in [0.05, 0.1) is 36.9 Å². The molecule has 16 nitrogen and oxygen atoms in total. The molecule has 6 amide bonds. The van der Waals surface area contributed by atoms with Crippen molar-refractivity contribution in [3.63, 3.8) is 0 Å².